The SMILES string of the molecule is CCOc1ccc2c(c1)CCN(C(=O)CCC(C)(C)C(=O)O)[C@H]2C(=O)Nc1cc(F)c2c(c1)CCC2(C)C. The molecule has 2 aromatic rings. The molecule has 2 amide bonds. The number of hydrogen-bond donors (Lipinski definition) is 2. The number of carbonyl (C=O) groups excluding carboxylic acids is 2. The minimum atomic E-state index is -1.07. The van der Waals surface area contributed by atoms with Crippen LogP contribution in [0.5, 0.6) is 5.75 Å². The summed E-state index contributed by atoms with van der Waals surface area (Å²) in [5.41, 5.74) is 2.22. The molecule has 1 aliphatic heterocycles. The highest BCUT2D eigenvalue weighted by Gasteiger charge is 2.38. The minimum Gasteiger partial charge on any atom is -0.494 e. The van der Waals surface area contributed by atoms with E-state index in [2.05, 4.69) is 5.32 Å². The van der Waals surface area contributed by atoms with Crippen LogP contribution < -0.4 is 10.1 Å². The second kappa shape index (κ2) is 10.4. The van der Waals surface area contributed by atoms with Crippen molar-refractivity contribution in [2.45, 2.75) is 78.2 Å². The Morgan fingerprint density at radius 3 is 2.58 bits per heavy atom. The number of halogens is 1. The molecule has 4 rings (SSSR count). The van der Waals surface area contributed by atoms with Crippen LogP contribution >= 0.6 is 0 Å². The van der Waals surface area contributed by atoms with Gasteiger partial charge >= 0.3 is 5.97 Å². The van der Waals surface area contributed by atoms with Gasteiger partial charge in [0.1, 0.15) is 17.6 Å². The number of hydrogen-bond acceptors (Lipinski definition) is 4. The van der Waals surface area contributed by atoms with Gasteiger partial charge in [-0.05, 0) is 98.4 Å². The molecule has 0 saturated carbocycles. The molecule has 2 aromatic carbocycles. The average Bonchev–Trinajstić information content (AvgIpc) is 3.16. The summed E-state index contributed by atoms with van der Waals surface area (Å²) in [5.74, 6) is -1.35. The molecule has 0 aromatic heterocycles. The van der Waals surface area contributed by atoms with E-state index in [0.717, 1.165) is 24.0 Å². The fourth-order valence-electron chi connectivity index (χ4n) is 5.55. The van der Waals surface area contributed by atoms with Crippen molar-refractivity contribution in [1.29, 1.82) is 0 Å². The highest BCUT2D eigenvalue weighted by Crippen LogP contribution is 2.41. The second-order valence-electron chi connectivity index (χ2n) is 11.6. The first-order valence-electron chi connectivity index (χ1n) is 13.3. The lowest BCUT2D eigenvalue weighted by Crippen LogP contribution is -2.45. The molecule has 0 radical (unpaired) electrons. The molecule has 1 heterocycles. The highest BCUT2D eigenvalue weighted by atomic mass is 19.1. The smallest absolute Gasteiger partial charge is 0.309 e. The van der Waals surface area contributed by atoms with Gasteiger partial charge in [0.05, 0.1) is 12.0 Å². The maximum atomic E-state index is 15.1. The number of rotatable bonds is 8. The molecule has 2 N–H and O–H groups in total. The first kappa shape index (κ1) is 27.6. The lowest BCUT2D eigenvalue weighted by Gasteiger charge is -2.37. The summed E-state index contributed by atoms with van der Waals surface area (Å²) in [6, 6.07) is 7.73. The van der Waals surface area contributed by atoms with Gasteiger partial charge in [-0.2, -0.15) is 0 Å². The number of aliphatic carboxylic acids is 1. The van der Waals surface area contributed by atoms with E-state index in [0.29, 0.717) is 42.1 Å². The van der Waals surface area contributed by atoms with E-state index in [1.54, 1.807) is 26.0 Å². The first-order valence-corrected chi connectivity index (χ1v) is 13.3. The summed E-state index contributed by atoms with van der Waals surface area (Å²) in [4.78, 5) is 40.2. The Morgan fingerprint density at radius 2 is 1.89 bits per heavy atom. The molecule has 1 aliphatic carbocycles. The number of carbonyl (C=O) groups is 3. The predicted octanol–water partition coefficient (Wildman–Crippen LogP) is 5.40. The second-order valence-corrected chi connectivity index (χ2v) is 11.6. The van der Waals surface area contributed by atoms with Gasteiger partial charge in [0.15, 0.2) is 0 Å². The summed E-state index contributed by atoms with van der Waals surface area (Å²) < 4.78 is 20.7. The van der Waals surface area contributed by atoms with E-state index in [1.807, 2.05) is 32.9 Å². The zero-order valence-electron chi connectivity index (χ0n) is 22.8. The Morgan fingerprint density at radius 1 is 1.16 bits per heavy atom. The Hall–Kier alpha value is -3.42. The lowest BCUT2D eigenvalue weighted by atomic mass is 9.86. The molecule has 2 aliphatic rings. The number of fused-ring (bicyclic) bond motifs is 2. The maximum absolute atomic E-state index is 15.1. The van der Waals surface area contributed by atoms with Gasteiger partial charge in [-0.15, -0.1) is 0 Å². The molecule has 0 spiro atoms. The van der Waals surface area contributed by atoms with E-state index in [9.17, 15) is 19.5 Å². The van der Waals surface area contributed by atoms with Gasteiger partial charge in [-0.25, -0.2) is 4.39 Å². The van der Waals surface area contributed by atoms with Crippen molar-refractivity contribution in [3.63, 3.8) is 0 Å². The van der Waals surface area contributed by atoms with Crippen molar-refractivity contribution in [1.82, 2.24) is 4.90 Å². The van der Waals surface area contributed by atoms with Crippen molar-refractivity contribution in [3.8, 4) is 5.75 Å². The molecule has 0 saturated heterocycles. The number of benzene rings is 2. The van der Waals surface area contributed by atoms with Crippen LogP contribution in [0.4, 0.5) is 10.1 Å². The molecule has 8 heteroatoms. The van der Waals surface area contributed by atoms with Crippen LogP contribution in [0.2, 0.25) is 0 Å². The Balaban J connectivity index is 1.64. The van der Waals surface area contributed by atoms with E-state index < -0.39 is 23.3 Å². The summed E-state index contributed by atoms with van der Waals surface area (Å²) >= 11 is 0. The largest absolute Gasteiger partial charge is 0.494 e. The Labute approximate surface area is 223 Å². The molecule has 1 atom stereocenters. The average molecular weight is 525 g/mol. The molecule has 38 heavy (non-hydrogen) atoms. The van der Waals surface area contributed by atoms with E-state index >= 15 is 4.39 Å². The van der Waals surface area contributed by atoms with Gasteiger partial charge in [0.25, 0.3) is 5.91 Å². The number of anilines is 1. The zero-order valence-corrected chi connectivity index (χ0v) is 22.8. The summed E-state index contributed by atoms with van der Waals surface area (Å²) in [6.07, 6.45) is 2.26. The third kappa shape index (κ3) is 5.40. The standard InChI is InChI=1S/C30H37FN2O5/c1-6-38-21-7-8-22-18(16-21)11-14-33(24(34)10-13-30(4,5)28(36)37)26(22)27(35)32-20-15-19-9-12-29(2,3)25(19)23(31)17-20/h7-8,15-17,26H,6,9-14H2,1-5H3,(H,32,35)(H,36,37)/t26-/m1/s1. The number of nitrogens with one attached hydrogen (secondary N) is 1. The number of ether oxygens (including phenoxy) is 1. The molecule has 0 unspecified atom stereocenters. The molecule has 0 bridgehead atoms. The summed E-state index contributed by atoms with van der Waals surface area (Å²) in [7, 11) is 0. The molecular weight excluding hydrogens is 487 g/mol. The number of nitrogens with zero attached hydrogens (tertiary/aromatic N) is 1. The quantitative estimate of drug-likeness (QED) is 0.482. The van der Waals surface area contributed by atoms with Crippen LogP contribution in [0.15, 0.2) is 30.3 Å². The maximum Gasteiger partial charge on any atom is 0.309 e. The van der Waals surface area contributed by atoms with E-state index in [-0.39, 0.29) is 30.0 Å². The van der Waals surface area contributed by atoms with Crippen molar-refractivity contribution < 1.29 is 28.6 Å². The first-order chi connectivity index (χ1) is 17.8. The minimum absolute atomic E-state index is 0.00199. The van der Waals surface area contributed by atoms with Gasteiger partial charge in [-0.1, -0.05) is 19.9 Å². The normalized spacial score (nSPS) is 17.9. The van der Waals surface area contributed by atoms with Crippen molar-refractivity contribution in [2.24, 2.45) is 5.41 Å². The molecule has 7 nitrogen and oxygen atoms in total. The van der Waals surface area contributed by atoms with Gasteiger partial charge < -0.3 is 20.1 Å². The zero-order chi connectivity index (χ0) is 27.8. The van der Waals surface area contributed by atoms with E-state index in [4.69, 9.17) is 4.74 Å². The third-order valence-electron chi connectivity index (χ3n) is 7.90. The monoisotopic (exact) mass is 524 g/mol. The number of carboxylic acids is 1. The van der Waals surface area contributed by atoms with Crippen molar-refractivity contribution in [3.05, 3.63) is 58.4 Å². The fraction of sp³-hybridized carbons (Fsp3) is 0.500. The van der Waals surface area contributed by atoms with Gasteiger partial charge in [-0.3, -0.25) is 14.4 Å². The summed E-state index contributed by atoms with van der Waals surface area (Å²) in [6.45, 7) is 9.91. The summed E-state index contributed by atoms with van der Waals surface area (Å²) in [5, 5.41) is 12.3. The number of amides is 2. The predicted molar refractivity (Wildman–Crippen MR) is 143 cm³/mol. The highest BCUT2D eigenvalue weighted by molar-refractivity contribution is 5.98. The fourth-order valence-corrected chi connectivity index (χ4v) is 5.55. The molecular formula is C30H37FN2O5. The number of carboxylic acid groups (broad SMARTS) is 1. The topological polar surface area (TPSA) is 95.9 Å². The number of aryl methyl sites for hydroxylation is 1. The third-order valence-corrected chi connectivity index (χ3v) is 7.90. The van der Waals surface area contributed by atoms with Crippen LogP contribution in [0.25, 0.3) is 0 Å². The van der Waals surface area contributed by atoms with Gasteiger partial charge in [0, 0.05) is 18.7 Å². The van der Waals surface area contributed by atoms with Crippen LogP contribution in [-0.2, 0) is 32.6 Å². The van der Waals surface area contributed by atoms with Crippen molar-refractivity contribution in [2.75, 3.05) is 18.5 Å². The van der Waals surface area contributed by atoms with Crippen LogP contribution in [0.3, 0.4) is 0 Å². The Kier molecular flexibility index (Phi) is 7.55. The van der Waals surface area contributed by atoms with E-state index in [1.165, 1.54) is 11.0 Å². The van der Waals surface area contributed by atoms with Crippen LogP contribution in [-0.4, -0.2) is 40.9 Å². The van der Waals surface area contributed by atoms with Crippen LogP contribution in [0, 0.1) is 11.2 Å². The Bertz CT molecular complexity index is 1270. The molecule has 204 valence electrons. The molecule has 0 fully saturated rings. The van der Waals surface area contributed by atoms with Crippen molar-refractivity contribution >= 4 is 23.5 Å². The van der Waals surface area contributed by atoms with Gasteiger partial charge in [0.2, 0.25) is 5.91 Å². The van der Waals surface area contributed by atoms with Crippen LogP contribution in [0.1, 0.15) is 82.2 Å². The lowest BCUT2D eigenvalue weighted by molar-refractivity contribution is -0.148.